The predicted octanol–water partition coefficient (Wildman–Crippen LogP) is 5.10. The number of hydrogen-bond donors (Lipinski definition) is 4. The summed E-state index contributed by atoms with van der Waals surface area (Å²) in [5.41, 5.74) is 2.70. The Kier molecular flexibility index (Phi) is 7.34. The Bertz CT molecular complexity index is 1460. The van der Waals surface area contributed by atoms with Gasteiger partial charge in [-0.15, -0.1) is 0 Å². The first-order valence-corrected chi connectivity index (χ1v) is 11.2. The van der Waals surface area contributed by atoms with Crippen LogP contribution in [0.25, 0.3) is 0 Å². The Morgan fingerprint density at radius 1 is 0.892 bits per heavy atom. The van der Waals surface area contributed by atoms with Gasteiger partial charge < -0.3 is 21.3 Å². The summed E-state index contributed by atoms with van der Waals surface area (Å²) < 4.78 is 0. The van der Waals surface area contributed by atoms with Crippen LogP contribution in [0, 0.1) is 10.1 Å². The van der Waals surface area contributed by atoms with Gasteiger partial charge in [-0.05, 0) is 42.5 Å². The largest absolute Gasteiger partial charge is 0.388 e. The van der Waals surface area contributed by atoms with E-state index >= 15 is 0 Å². The Morgan fingerprint density at radius 2 is 1.57 bits per heavy atom. The number of nitrogens with one attached hydrogen (secondary N) is 4. The lowest BCUT2D eigenvalue weighted by molar-refractivity contribution is -0.384. The molecule has 0 bridgehead atoms. The first kappa shape index (κ1) is 24.8. The summed E-state index contributed by atoms with van der Waals surface area (Å²) in [6.07, 6.45) is 1.09. The zero-order valence-corrected chi connectivity index (χ0v) is 20.0. The molecule has 1 amide bonds. The number of hydrogen-bond acceptors (Lipinski definition) is 9. The molecule has 0 unspecified atom stereocenters. The van der Waals surface area contributed by atoms with Crippen molar-refractivity contribution in [2.24, 2.45) is 0 Å². The SMILES string of the molecule is CNc1ccc(Nc2nc(Nc3ccc(NC(C)=O)cc3)ncc2[N+](=O)[O-])c(C(=O)c2ccccc2)c1. The van der Waals surface area contributed by atoms with E-state index < -0.39 is 4.92 Å². The molecule has 0 aliphatic heterocycles. The molecule has 0 spiro atoms. The first-order valence-electron chi connectivity index (χ1n) is 11.2. The molecule has 0 atom stereocenters. The summed E-state index contributed by atoms with van der Waals surface area (Å²) in [5, 5.41) is 23.3. The maximum atomic E-state index is 13.3. The molecule has 0 aliphatic rings. The Labute approximate surface area is 212 Å². The number of carbonyl (C=O) groups is 2. The normalized spacial score (nSPS) is 10.3. The van der Waals surface area contributed by atoms with E-state index in [2.05, 4.69) is 31.2 Å². The van der Waals surface area contributed by atoms with Gasteiger partial charge in [-0.25, -0.2) is 4.98 Å². The standard InChI is InChI=1S/C26H23N7O4/c1-16(34)29-18-8-10-19(11-9-18)30-26-28-15-23(33(36)37)25(32-26)31-22-13-12-20(27-2)14-21(22)24(35)17-6-4-3-5-7-17/h3-15,27H,1-2H3,(H,29,34)(H2,28,30,31,32). The second-order valence-corrected chi connectivity index (χ2v) is 7.90. The molecular formula is C26H23N7O4. The van der Waals surface area contributed by atoms with E-state index in [-0.39, 0.29) is 29.1 Å². The Balaban J connectivity index is 1.67. The number of carbonyl (C=O) groups excluding carboxylic acids is 2. The fourth-order valence-corrected chi connectivity index (χ4v) is 3.50. The molecule has 4 N–H and O–H groups in total. The van der Waals surface area contributed by atoms with Crippen molar-refractivity contribution in [3.63, 3.8) is 0 Å². The molecule has 4 rings (SSSR count). The summed E-state index contributed by atoms with van der Waals surface area (Å²) in [4.78, 5) is 43.9. The van der Waals surface area contributed by atoms with Crippen molar-refractivity contribution in [2.45, 2.75) is 6.92 Å². The molecule has 0 aliphatic carbocycles. The van der Waals surface area contributed by atoms with Gasteiger partial charge in [0, 0.05) is 42.2 Å². The van der Waals surface area contributed by atoms with E-state index in [1.165, 1.54) is 6.92 Å². The van der Waals surface area contributed by atoms with Crippen LogP contribution in [0.4, 0.5) is 40.2 Å². The first-order chi connectivity index (χ1) is 17.8. The molecule has 0 saturated heterocycles. The quantitative estimate of drug-likeness (QED) is 0.141. The average molecular weight is 498 g/mol. The number of amides is 1. The van der Waals surface area contributed by atoms with Gasteiger partial charge in [-0.3, -0.25) is 19.7 Å². The van der Waals surface area contributed by atoms with Gasteiger partial charge in [-0.1, -0.05) is 30.3 Å². The zero-order chi connectivity index (χ0) is 26.4. The molecule has 11 heteroatoms. The maximum Gasteiger partial charge on any atom is 0.329 e. The van der Waals surface area contributed by atoms with Gasteiger partial charge in [-0.2, -0.15) is 4.98 Å². The van der Waals surface area contributed by atoms with E-state index in [0.717, 1.165) is 6.20 Å². The smallest absolute Gasteiger partial charge is 0.329 e. The van der Waals surface area contributed by atoms with Gasteiger partial charge in [0.1, 0.15) is 6.20 Å². The van der Waals surface area contributed by atoms with Gasteiger partial charge >= 0.3 is 5.69 Å². The molecule has 0 fully saturated rings. The summed E-state index contributed by atoms with van der Waals surface area (Å²) in [7, 11) is 1.73. The molecule has 11 nitrogen and oxygen atoms in total. The van der Waals surface area contributed by atoms with Crippen LogP contribution in [0.3, 0.4) is 0 Å². The lowest BCUT2D eigenvalue weighted by atomic mass is 10.0. The van der Waals surface area contributed by atoms with Gasteiger partial charge in [0.15, 0.2) is 5.78 Å². The molecule has 37 heavy (non-hydrogen) atoms. The lowest BCUT2D eigenvalue weighted by Gasteiger charge is -2.14. The number of nitro groups is 1. The second kappa shape index (κ2) is 11.0. The van der Waals surface area contributed by atoms with Crippen molar-refractivity contribution in [3.8, 4) is 0 Å². The number of ketones is 1. The van der Waals surface area contributed by atoms with Crippen LogP contribution < -0.4 is 21.3 Å². The minimum Gasteiger partial charge on any atom is -0.388 e. The number of benzene rings is 3. The molecule has 1 aromatic heterocycles. The highest BCUT2D eigenvalue weighted by Crippen LogP contribution is 2.31. The van der Waals surface area contributed by atoms with Crippen LogP contribution in [0.15, 0.2) is 79.0 Å². The van der Waals surface area contributed by atoms with Crippen molar-refractivity contribution >= 4 is 51.9 Å². The van der Waals surface area contributed by atoms with Crippen LogP contribution >= 0.6 is 0 Å². The Hall–Kier alpha value is -5.32. The molecule has 186 valence electrons. The number of aromatic nitrogens is 2. The third-order valence-corrected chi connectivity index (χ3v) is 5.27. The number of nitrogens with zero attached hydrogens (tertiary/aromatic N) is 3. The van der Waals surface area contributed by atoms with E-state index in [0.29, 0.717) is 33.9 Å². The average Bonchev–Trinajstić information content (AvgIpc) is 2.90. The highest BCUT2D eigenvalue weighted by atomic mass is 16.6. The molecule has 4 aromatic rings. The third-order valence-electron chi connectivity index (χ3n) is 5.27. The minimum atomic E-state index is -0.602. The topological polar surface area (TPSA) is 151 Å². The molecule has 0 saturated carbocycles. The fraction of sp³-hybridized carbons (Fsp3) is 0.0769. The maximum absolute atomic E-state index is 13.3. The monoisotopic (exact) mass is 497 g/mol. The predicted molar refractivity (Wildman–Crippen MR) is 142 cm³/mol. The third kappa shape index (κ3) is 6.03. The summed E-state index contributed by atoms with van der Waals surface area (Å²) >= 11 is 0. The van der Waals surface area contributed by atoms with E-state index in [9.17, 15) is 19.7 Å². The minimum absolute atomic E-state index is 0.0864. The number of rotatable bonds is 9. The molecule has 0 radical (unpaired) electrons. The highest BCUT2D eigenvalue weighted by molar-refractivity contribution is 6.13. The molecular weight excluding hydrogens is 474 g/mol. The van der Waals surface area contributed by atoms with E-state index in [4.69, 9.17) is 0 Å². The summed E-state index contributed by atoms with van der Waals surface area (Å²) in [6, 6.07) is 20.6. The fourth-order valence-electron chi connectivity index (χ4n) is 3.50. The van der Waals surface area contributed by atoms with Crippen molar-refractivity contribution < 1.29 is 14.5 Å². The zero-order valence-electron chi connectivity index (χ0n) is 20.0. The van der Waals surface area contributed by atoms with Crippen molar-refractivity contribution in [1.29, 1.82) is 0 Å². The highest BCUT2D eigenvalue weighted by Gasteiger charge is 2.21. The van der Waals surface area contributed by atoms with E-state index in [1.807, 2.05) is 6.07 Å². The van der Waals surface area contributed by atoms with Gasteiger partial charge in [0.05, 0.1) is 10.6 Å². The van der Waals surface area contributed by atoms with Crippen LogP contribution in [-0.4, -0.2) is 33.6 Å². The lowest BCUT2D eigenvalue weighted by Crippen LogP contribution is -2.09. The van der Waals surface area contributed by atoms with Crippen LogP contribution in [0.5, 0.6) is 0 Å². The van der Waals surface area contributed by atoms with Crippen molar-refractivity contribution in [3.05, 3.63) is 100 Å². The Morgan fingerprint density at radius 3 is 2.22 bits per heavy atom. The van der Waals surface area contributed by atoms with Gasteiger partial charge in [0.25, 0.3) is 0 Å². The summed E-state index contributed by atoms with van der Waals surface area (Å²) in [5.74, 6) is -0.433. The van der Waals surface area contributed by atoms with Crippen molar-refractivity contribution in [2.75, 3.05) is 28.3 Å². The van der Waals surface area contributed by atoms with Crippen LogP contribution in [-0.2, 0) is 4.79 Å². The molecule has 1 heterocycles. The summed E-state index contributed by atoms with van der Waals surface area (Å²) in [6.45, 7) is 1.41. The molecule has 3 aromatic carbocycles. The van der Waals surface area contributed by atoms with Crippen LogP contribution in [0.1, 0.15) is 22.8 Å². The van der Waals surface area contributed by atoms with E-state index in [1.54, 1.807) is 73.8 Å². The van der Waals surface area contributed by atoms with Gasteiger partial charge in [0.2, 0.25) is 17.7 Å². The second-order valence-electron chi connectivity index (χ2n) is 7.90. The number of anilines is 6. The van der Waals surface area contributed by atoms with Crippen LogP contribution in [0.2, 0.25) is 0 Å². The van der Waals surface area contributed by atoms with Crippen molar-refractivity contribution in [1.82, 2.24) is 9.97 Å².